The summed E-state index contributed by atoms with van der Waals surface area (Å²) in [6, 6.07) is 7.85. The molecule has 2 rings (SSSR count). The number of benzene rings is 1. The molecule has 0 amide bonds. The van der Waals surface area contributed by atoms with Gasteiger partial charge in [0.25, 0.3) is 0 Å². The topological polar surface area (TPSA) is 40.6 Å². The molecule has 1 aromatic carbocycles. The van der Waals surface area contributed by atoms with Gasteiger partial charge in [0.2, 0.25) is 0 Å². The van der Waals surface area contributed by atoms with E-state index in [2.05, 4.69) is 4.98 Å². The Hall–Kier alpha value is -1.43. The third-order valence-corrected chi connectivity index (χ3v) is 3.64. The van der Waals surface area contributed by atoms with Crippen LogP contribution < -0.4 is 4.74 Å². The van der Waals surface area contributed by atoms with Crippen molar-refractivity contribution in [2.24, 2.45) is 0 Å². The monoisotopic (exact) mass is 279 g/mol. The maximum Gasteiger partial charge on any atom is 0.191 e. The minimum Gasteiger partial charge on any atom is -0.488 e. The number of thiazole rings is 1. The molecule has 0 bridgehead atoms. The van der Waals surface area contributed by atoms with Crippen molar-refractivity contribution in [3.63, 3.8) is 0 Å². The summed E-state index contributed by atoms with van der Waals surface area (Å²) >= 11 is 1.64. The summed E-state index contributed by atoms with van der Waals surface area (Å²) in [5.41, 5.74) is 2.14. The maximum absolute atomic E-state index is 5.58. The Labute approximate surface area is 117 Å². The Morgan fingerprint density at radius 1 is 1.16 bits per heavy atom. The van der Waals surface area contributed by atoms with Crippen molar-refractivity contribution in [3.05, 3.63) is 35.3 Å². The summed E-state index contributed by atoms with van der Waals surface area (Å²) in [7, 11) is 3.18. The van der Waals surface area contributed by atoms with Crippen molar-refractivity contribution < 1.29 is 14.2 Å². The van der Waals surface area contributed by atoms with Gasteiger partial charge in [-0.05, 0) is 31.2 Å². The van der Waals surface area contributed by atoms with Crippen molar-refractivity contribution in [1.82, 2.24) is 4.98 Å². The van der Waals surface area contributed by atoms with E-state index >= 15 is 0 Å². The fourth-order valence-corrected chi connectivity index (χ4v) is 2.38. The van der Waals surface area contributed by atoms with Gasteiger partial charge in [-0.25, -0.2) is 4.98 Å². The lowest BCUT2D eigenvalue weighted by Gasteiger charge is -2.14. The second-order valence-corrected chi connectivity index (χ2v) is 4.89. The SMILES string of the molecule is COC(COc1ccc(-c2nc(C)cs2)cc1)OC. The molecule has 5 heteroatoms. The number of rotatable bonds is 6. The van der Waals surface area contributed by atoms with Crippen LogP contribution in [0.15, 0.2) is 29.6 Å². The minimum absolute atomic E-state index is 0.346. The smallest absolute Gasteiger partial charge is 0.191 e. The van der Waals surface area contributed by atoms with Crippen molar-refractivity contribution in [1.29, 1.82) is 0 Å². The Morgan fingerprint density at radius 3 is 2.37 bits per heavy atom. The average Bonchev–Trinajstić information content (AvgIpc) is 2.87. The van der Waals surface area contributed by atoms with Crippen LogP contribution in [0.1, 0.15) is 5.69 Å². The van der Waals surface area contributed by atoms with Gasteiger partial charge in [0.1, 0.15) is 17.4 Å². The normalized spacial score (nSPS) is 10.9. The molecular weight excluding hydrogens is 262 g/mol. The number of methoxy groups -OCH3 is 2. The third-order valence-electron chi connectivity index (χ3n) is 2.63. The number of ether oxygens (including phenoxy) is 3. The average molecular weight is 279 g/mol. The molecular formula is C14H17NO3S. The van der Waals surface area contributed by atoms with E-state index in [1.54, 1.807) is 25.6 Å². The number of hydrogen-bond acceptors (Lipinski definition) is 5. The first-order valence-corrected chi connectivity index (χ1v) is 6.82. The summed E-state index contributed by atoms with van der Waals surface area (Å²) in [6.07, 6.45) is -0.346. The Bertz CT molecular complexity index is 506. The van der Waals surface area contributed by atoms with Crippen LogP contribution in [0.3, 0.4) is 0 Å². The van der Waals surface area contributed by atoms with Gasteiger partial charge in [0.15, 0.2) is 6.29 Å². The molecule has 0 radical (unpaired) electrons. The lowest BCUT2D eigenvalue weighted by molar-refractivity contribution is -0.121. The molecule has 1 aromatic heterocycles. The zero-order valence-corrected chi connectivity index (χ0v) is 12.1. The lowest BCUT2D eigenvalue weighted by Crippen LogP contribution is -2.21. The van der Waals surface area contributed by atoms with E-state index in [0.717, 1.165) is 22.0 Å². The van der Waals surface area contributed by atoms with Gasteiger partial charge < -0.3 is 14.2 Å². The van der Waals surface area contributed by atoms with Gasteiger partial charge in [-0.1, -0.05) is 0 Å². The molecule has 1 heterocycles. The van der Waals surface area contributed by atoms with Crippen molar-refractivity contribution in [2.75, 3.05) is 20.8 Å². The summed E-state index contributed by atoms with van der Waals surface area (Å²) in [4.78, 5) is 4.45. The fraction of sp³-hybridized carbons (Fsp3) is 0.357. The largest absolute Gasteiger partial charge is 0.488 e. The molecule has 0 saturated carbocycles. The van der Waals surface area contributed by atoms with Crippen LogP contribution in [0.4, 0.5) is 0 Å². The molecule has 0 saturated heterocycles. The molecule has 0 atom stereocenters. The molecule has 2 aromatic rings. The first-order valence-electron chi connectivity index (χ1n) is 5.94. The molecule has 0 aliphatic rings. The summed E-state index contributed by atoms with van der Waals surface area (Å²) in [6.45, 7) is 2.36. The molecule has 0 aliphatic heterocycles. The molecule has 0 unspecified atom stereocenters. The fourth-order valence-electron chi connectivity index (χ4n) is 1.58. The van der Waals surface area contributed by atoms with Crippen LogP contribution in [0.25, 0.3) is 10.6 Å². The highest BCUT2D eigenvalue weighted by atomic mass is 32.1. The summed E-state index contributed by atoms with van der Waals surface area (Å²) in [5, 5.41) is 3.07. The zero-order chi connectivity index (χ0) is 13.7. The summed E-state index contributed by atoms with van der Waals surface area (Å²) < 4.78 is 15.7. The molecule has 0 aliphatic carbocycles. The van der Waals surface area contributed by atoms with Gasteiger partial charge >= 0.3 is 0 Å². The first-order chi connectivity index (χ1) is 9.22. The Kier molecular flexibility index (Phi) is 4.90. The highest BCUT2D eigenvalue weighted by Crippen LogP contribution is 2.25. The molecule has 0 fully saturated rings. The van der Waals surface area contributed by atoms with Crippen molar-refractivity contribution >= 4 is 11.3 Å². The zero-order valence-electron chi connectivity index (χ0n) is 11.3. The molecule has 0 spiro atoms. The van der Waals surface area contributed by atoms with Gasteiger partial charge in [0, 0.05) is 30.9 Å². The third kappa shape index (κ3) is 3.76. The van der Waals surface area contributed by atoms with E-state index in [0.29, 0.717) is 6.61 Å². The highest BCUT2D eigenvalue weighted by Gasteiger charge is 2.07. The second kappa shape index (κ2) is 6.65. The van der Waals surface area contributed by atoms with Gasteiger partial charge in [-0.3, -0.25) is 0 Å². The quantitative estimate of drug-likeness (QED) is 0.762. The van der Waals surface area contributed by atoms with Crippen LogP contribution in [0, 0.1) is 6.92 Å². The van der Waals surface area contributed by atoms with Gasteiger partial charge in [0.05, 0.1) is 0 Å². The van der Waals surface area contributed by atoms with E-state index < -0.39 is 0 Å². The second-order valence-electron chi connectivity index (χ2n) is 4.03. The summed E-state index contributed by atoms with van der Waals surface area (Å²) in [5.74, 6) is 0.788. The highest BCUT2D eigenvalue weighted by molar-refractivity contribution is 7.13. The van der Waals surface area contributed by atoms with Crippen LogP contribution in [-0.4, -0.2) is 32.1 Å². The van der Waals surface area contributed by atoms with Gasteiger partial charge in [-0.15, -0.1) is 11.3 Å². The van der Waals surface area contributed by atoms with Crippen LogP contribution in [-0.2, 0) is 9.47 Å². The predicted octanol–water partition coefficient (Wildman–Crippen LogP) is 3.12. The lowest BCUT2D eigenvalue weighted by atomic mass is 10.2. The first kappa shape index (κ1) is 14.0. The minimum atomic E-state index is -0.346. The number of hydrogen-bond donors (Lipinski definition) is 0. The number of aryl methyl sites for hydroxylation is 1. The van der Waals surface area contributed by atoms with Gasteiger partial charge in [-0.2, -0.15) is 0 Å². The van der Waals surface area contributed by atoms with Crippen molar-refractivity contribution in [3.8, 4) is 16.3 Å². The van der Waals surface area contributed by atoms with E-state index in [-0.39, 0.29) is 6.29 Å². The van der Waals surface area contributed by atoms with Crippen LogP contribution in [0.2, 0.25) is 0 Å². The van der Waals surface area contributed by atoms with Crippen LogP contribution >= 0.6 is 11.3 Å². The van der Waals surface area contributed by atoms with Crippen molar-refractivity contribution in [2.45, 2.75) is 13.2 Å². The molecule has 0 N–H and O–H groups in total. The number of aromatic nitrogens is 1. The van der Waals surface area contributed by atoms with E-state index in [1.165, 1.54) is 0 Å². The van der Waals surface area contributed by atoms with E-state index in [9.17, 15) is 0 Å². The van der Waals surface area contributed by atoms with E-state index in [4.69, 9.17) is 14.2 Å². The molecule has 102 valence electrons. The standard InChI is InChI=1S/C14H17NO3S/c1-10-9-19-14(15-10)11-4-6-12(7-5-11)18-8-13(16-2)17-3/h4-7,9,13H,8H2,1-3H3. The Balaban J connectivity index is 1.98. The molecule has 4 nitrogen and oxygen atoms in total. The van der Waals surface area contributed by atoms with E-state index in [1.807, 2.05) is 36.6 Å². The van der Waals surface area contributed by atoms with Crippen LogP contribution in [0.5, 0.6) is 5.75 Å². The Morgan fingerprint density at radius 2 is 1.84 bits per heavy atom. The predicted molar refractivity (Wildman–Crippen MR) is 75.6 cm³/mol. The number of nitrogens with zero attached hydrogens (tertiary/aromatic N) is 1. The maximum atomic E-state index is 5.58. The molecule has 19 heavy (non-hydrogen) atoms.